The van der Waals surface area contributed by atoms with Crippen molar-refractivity contribution in [1.82, 2.24) is 5.32 Å². The molecule has 0 aromatic carbocycles. The summed E-state index contributed by atoms with van der Waals surface area (Å²) in [5.41, 5.74) is 0.110. The molecule has 0 aliphatic carbocycles. The number of hydrogen-bond acceptors (Lipinski definition) is 3. The molecule has 0 amide bonds. The second kappa shape index (κ2) is 3.95. The van der Waals surface area contributed by atoms with Gasteiger partial charge in [0.2, 0.25) is 0 Å². The van der Waals surface area contributed by atoms with E-state index < -0.39 is 0 Å². The molecule has 1 N–H and O–H groups in total. The molecule has 13 heavy (non-hydrogen) atoms. The summed E-state index contributed by atoms with van der Waals surface area (Å²) >= 11 is 0. The highest BCUT2D eigenvalue weighted by Crippen LogP contribution is 2.19. The lowest BCUT2D eigenvalue weighted by molar-refractivity contribution is -0.0762. The molecule has 1 atom stereocenters. The third-order valence-electron chi connectivity index (χ3n) is 2.91. The van der Waals surface area contributed by atoms with E-state index in [-0.39, 0.29) is 5.60 Å². The van der Waals surface area contributed by atoms with Gasteiger partial charge in [-0.2, -0.15) is 0 Å². The maximum absolute atomic E-state index is 5.78. The lowest BCUT2D eigenvalue weighted by Gasteiger charge is -2.39. The molecule has 2 aliphatic heterocycles. The Morgan fingerprint density at radius 3 is 2.92 bits per heavy atom. The molecule has 1 unspecified atom stereocenters. The van der Waals surface area contributed by atoms with E-state index in [9.17, 15) is 0 Å². The summed E-state index contributed by atoms with van der Waals surface area (Å²) in [6.45, 7) is 5.96. The Morgan fingerprint density at radius 1 is 1.54 bits per heavy atom. The molecule has 0 aromatic rings. The van der Waals surface area contributed by atoms with Crippen LogP contribution in [0.2, 0.25) is 0 Å². The third-order valence-corrected chi connectivity index (χ3v) is 2.91. The number of hydrogen-bond donors (Lipinski definition) is 1. The Hall–Kier alpha value is -0.120. The Morgan fingerprint density at radius 2 is 2.38 bits per heavy atom. The number of nitrogens with one attached hydrogen (secondary N) is 1. The Kier molecular flexibility index (Phi) is 2.86. The normalized spacial score (nSPS) is 31.6. The first-order chi connectivity index (χ1) is 6.29. The summed E-state index contributed by atoms with van der Waals surface area (Å²) in [6.07, 6.45) is 3.98. The minimum Gasteiger partial charge on any atom is -0.378 e. The first-order valence-corrected chi connectivity index (χ1v) is 5.25. The van der Waals surface area contributed by atoms with Gasteiger partial charge in [-0.1, -0.05) is 0 Å². The Balaban J connectivity index is 1.57. The Bertz CT molecular complexity index is 162. The van der Waals surface area contributed by atoms with Crippen molar-refractivity contribution in [2.75, 3.05) is 26.3 Å². The monoisotopic (exact) mass is 185 g/mol. The maximum atomic E-state index is 5.78. The Labute approximate surface area is 79.8 Å². The van der Waals surface area contributed by atoms with Gasteiger partial charge in [-0.15, -0.1) is 0 Å². The minimum absolute atomic E-state index is 0.110. The van der Waals surface area contributed by atoms with Gasteiger partial charge in [-0.3, -0.25) is 0 Å². The van der Waals surface area contributed by atoms with Gasteiger partial charge in [0.1, 0.15) is 0 Å². The zero-order valence-electron chi connectivity index (χ0n) is 8.34. The predicted octanol–water partition coefficient (Wildman–Crippen LogP) is 0.934. The molecule has 0 spiro atoms. The standard InChI is InChI=1S/C10H19NO2/c1-10(7-11-8-10)13-6-4-9-3-2-5-12-9/h9,11H,2-8H2,1H3. The molecule has 76 valence electrons. The summed E-state index contributed by atoms with van der Waals surface area (Å²) in [6, 6.07) is 0. The van der Waals surface area contributed by atoms with Crippen molar-refractivity contribution in [2.45, 2.75) is 37.9 Å². The van der Waals surface area contributed by atoms with Crippen LogP contribution in [-0.2, 0) is 9.47 Å². The van der Waals surface area contributed by atoms with Crippen molar-refractivity contribution in [2.24, 2.45) is 0 Å². The molecular formula is C10H19NO2. The fraction of sp³-hybridized carbons (Fsp3) is 1.00. The van der Waals surface area contributed by atoms with Crippen LogP contribution in [0.25, 0.3) is 0 Å². The average Bonchev–Trinajstić information content (AvgIpc) is 2.54. The SMILES string of the molecule is CC1(OCCC2CCCO2)CNC1. The fourth-order valence-corrected chi connectivity index (χ4v) is 1.89. The molecule has 2 heterocycles. The predicted molar refractivity (Wildman–Crippen MR) is 50.8 cm³/mol. The molecule has 2 fully saturated rings. The molecule has 2 saturated heterocycles. The largest absolute Gasteiger partial charge is 0.378 e. The molecule has 2 rings (SSSR count). The summed E-state index contributed by atoms with van der Waals surface area (Å²) in [5, 5.41) is 3.22. The molecule has 0 radical (unpaired) electrons. The quantitative estimate of drug-likeness (QED) is 0.707. The van der Waals surface area contributed by atoms with Crippen molar-refractivity contribution in [3.63, 3.8) is 0 Å². The minimum atomic E-state index is 0.110. The average molecular weight is 185 g/mol. The van der Waals surface area contributed by atoms with Gasteiger partial charge in [0.25, 0.3) is 0 Å². The first-order valence-electron chi connectivity index (χ1n) is 5.25. The highest BCUT2D eigenvalue weighted by Gasteiger charge is 2.32. The van der Waals surface area contributed by atoms with Crippen LogP contribution >= 0.6 is 0 Å². The third kappa shape index (κ3) is 2.42. The molecule has 0 saturated carbocycles. The molecule has 0 bridgehead atoms. The topological polar surface area (TPSA) is 30.5 Å². The molecule has 0 aromatic heterocycles. The molecular weight excluding hydrogens is 166 g/mol. The van der Waals surface area contributed by atoms with Gasteiger partial charge < -0.3 is 14.8 Å². The van der Waals surface area contributed by atoms with Crippen LogP contribution in [0.3, 0.4) is 0 Å². The van der Waals surface area contributed by atoms with E-state index in [1.165, 1.54) is 12.8 Å². The van der Waals surface area contributed by atoms with Crippen molar-refractivity contribution in [1.29, 1.82) is 0 Å². The van der Waals surface area contributed by atoms with Crippen LogP contribution < -0.4 is 5.32 Å². The van der Waals surface area contributed by atoms with Crippen LogP contribution in [0.1, 0.15) is 26.2 Å². The van der Waals surface area contributed by atoms with Crippen LogP contribution in [0.5, 0.6) is 0 Å². The van der Waals surface area contributed by atoms with E-state index in [0.717, 1.165) is 32.7 Å². The lowest BCUT2D eigenvalue weighted by Crippen LogP contribution is -2.59. The van der Waals surface area contributed by atoms with Gasteiger partial charge in [0.15, 0.2) is 0 Å². The van der Waals surface area contributed by atoms with Crippen LogP contribution in [-0.4, -0.2) is 38.0 Å². The highest BCUT2D eigenvalue weighted by molar-refractivity contribution is 4.90. The second-order valence-corrected chi connectivity index (χ2v) is 4.33. The van der Waals surface area contributed by atoms with Crippen LogP contribution in [0.4, 0.5) is 0 Å². The molecule has 3 nitrogen and oxygen atoms in total. The fourth-order valence-electron chi connectivity index (χ4n) is 1.89. The lowest BCUT2D eigenvalue weighted by atomic mass is 10.00. The van der Waals surface area contributed by atoms with E-state index >= 15 is 0 Å². The zero-order chi connectivity index (χ0) is 9.15. The van der Waals surface area contributed by atoms with E-state index in [0.29, 0.717) is 6.10 Å². The van der Waals surface area contributed by atoms with E-state index in [2.05, 4.69) is 12.2 Å². The highest BCUT2D eigenvalue weighted by atomic mass is 16.5. The van der Waals surface area contributed by atoms with Gasteiger partial charge in [0, 0.05) is 26.3 Å². The number of ether oxygens (including phenoxy) is 2. The van der Waals surface area contributed by atoms with Crippen molar-refractivity contribution >= 4 is 0 Å². The van der Waals surface area contributed by atoms with E-state index in [4.69, 9.17) is 9.47 Å². The zero-order valence-corrected chi connectivity index (χ0v) is 8.34. The van der Waals surface area contributed by atoms with Crippen molar-refractivity contribution in [3.8, 4) is 0 Å². The first kappa shape index (κ1) is 9.44. The summed E-state index contributed by atoms with van der Waals surface area (Å²) in [4.78, 5) is 0. The summed E-state index contributed by atoms with van der Waals surface area (Å²) < 4.78 is 11.3. The van der Waals surface area contributed by atoms with Gasteiger partial charge in [-0.25, -0.2) is 0 Å². The van der Waals surface area contributed by atoms with Crippen molar-refractivity contribution in [3.05, 3.63) is 0 Å². The van der Waals surface area contributed by atoms with Crippen LogP contribution in [0, 0.1) is 0 Å². The maximum Gasteiger partial charge on any atom is 0.0901 e. The molecule has 3 heteroatoms. The summed E-state index contributed by atoms with van der Waals surface area (Å²) in [5.74, 6) is 0. The second-order valence-electron chi connectivity index (χ2n) is 4.33. The molecule has 2 aliphatic rings. The van der Waals surface area contributed by atoms with Gasteiger partial charge >= 0.3 is 0 Å². The van der Waals surface area contributed by atoms with Crippen molar-refractivity contribution < 1.29 is 9.47 Å². The van der Waals surface area contributed by atoms with E-state index in [1.54, 1.807) is 0 Å². The van der Waals surface area contributed by atoms with Crippen LogP contribution in [0.15, 0.2) is 0 Å². The smallest absolute Gasteiger partial charge is 0.0901 e. The van der Waals surface area contributed by atoms with Gasteiger partial charge in [0.05, 0.1) is 11.7 Å². The van der Waals surface area contributed by atoms with E-state index in [1.807, 2.05) is 0 Å². The number of rotatable bonds is 4. The van der Waals surface area contributed by atoms with Gasteiger partial charge in [-0.05, 0) is 26.2 Å². The summed E-state index contributed by atoms with van der Waals surface area (Å²) in [7, 11) is 0.